The molecule has 0 aliphatic rings. The van der Waals surface area contributed by atoms with Crippen molar-refractivity contribution in [1.82, 2.24) is 14.8 Å². The Morgan fingerprint density at radius 2 is 2.22 bits per heavy atom. The number of aryl methyl sites for hydroxylation is 2. The molecular formula is C12H14N4O2. The Labute approximate surface area is 104 Å². The summed E-state index contributed by atoms with van der Waals surface area (Å²) in [5, 5.41) is 19.0. The molecule has 0 spiro atoms. The molecule has 6 heteroatoms. The molecular weight excluding hydrogens is 232 g/mol. The molecule has 0 amide bonds. The van der Waals surface area contributed by atoms with E-state index in [2.05, 4.69) is 10.2 Å². The number of nitrogens with zero attached hydrogens (tertiary/aromatic N) is 4. The lowest BCUT2D eigenvalue weighted by atomic mass is 10.1. The molecule has 0 unspecified atom stereocenters. The van der Waals surface area contributed by atoms with Crippen LogP contribution in [0.4, 0.5) is 5.69 Å². The average Bonchev–Trinajstić information content (AvgIpc) is 2.76. The van der Waals surface area contributed by atoms with Gasteiger partial charge in [0.1, 0.15) is 6.33 Å². The Hall–Kier alpha value is -2.24. The molecule has 6 nitrogen and oxygen atoms in total. The summed E-state index contributed by atoms with van der Waals surface area (Å²) in [6.45, 7) is 4.50. The minimum absolute atomic E-state index is 0.0999. The molecule has 94 valence electrons. The van der Waals surface area contributed by atoms with Gasteiger partial charge in [0.15, 0.2) is 5.82 Å². The third kappa shape index (κ3) is 2.09. The third-order valence-electron chi connectivity index (χ3n) is 2.74. The van der Waals surface area contributed by atoms with Crippen molar-refractivity contribution < 1.29 is 4.92 Å². The zero-order valence-electron chi connectivity index (χ0n) is 10.3. The molecule has 1 aromatic carbocycles. The van der Waals surface area contributed by atoms with Crippen LogP contribution >= 0.6 is 0 Å². The van der Waals surface area contributed by atoms with Crippen LogP contribution in [0, 0.1) is 17.0 Å². The van der Waals surface area contributed by atoms with Gasteiger partial charge in [0, 0.05) is 12.1 Å². The summed E-state index contributed by atoms with van der Waals surface area (Å²) >= 11 is 0. The van der Waals surface area contributed by atoms with Crippen LogP contribution in [0.5, 0.6) is 0 Å². The molecule has 0 aliphatic carbocycles. The summed E-state index contributed by atoms with van der Waals surface area (Å²) in [7, 11) is 0. The highest BCUT2D eigenvalue weighted by Gasteiger charge is 2.21. The zero-order valence-corrected chi connectivity index (χ0v) is 10.3. The molecule has 2 aromatic rings. The van der Waals surface area contributed by atoms with Crippen LogP contribution in [0.25, 0.3) is 11.4 Å². The van der Waals surface area contributed by atoms with Gasteiger partial charge in [-0.1, -0.05) is 19.1 Å². The number of benzene rings is 1. The van der Waals surface area contributed by atoms with Gasteiger partial charge in [-0.05, 0) is 19.4 Å². The van der Waals surface area contributed by atoms with Crippen LogP contribution in [-0.4, -0.2) is 19.7 Å². The fraction of sp³-hybridized carbons (Fsp3) is 0.333. The van der Waals surface area contributed by atoms with Crippen LogP contribution in [0.3, 0.4) is 0 Å². The molecule has 2 rings (SSSR count). The van der Waals surface area contributed by atoms with Gasteiger partial charge in [-0.3, -0.25) is 10.1 Å². The molecule has 0 bridgehead atoms. The molecule has 18 heavy (non-hydrogen) atoms. The first-order chi connectivity index (χ1) is 8.65. The topological polar surface area (TPSA) is 73.8 Å². The monoisotopic (exact) mass is 246 g/mol. The van der Waals surface area contributed by atoms with E-state index < -0.39 is 0 Å². The average molecular weight is 246 g/mol. The highest BCUT2D eigenvalue weighted by atomic mass is 16.6. The molecule has 0 fully saturated rings. The van der Waals surface area contributed by atoms with E-state index in [4.69, 9.17) is 0 Å². The summed E-state index contributed by atoms with van der Waals surface area (Å²) in [6, 6.07) is 5.23. The Kier molecular flexibility index (Phi) is 3.36. The summed E-state index contributed by atoms with van der Waals surface area (Å²) < 4.78 is 1.84. The standard InChI is InChI=1S/C12H14N4O2/c1-3-7-15-8-13-14-12(15)10-6-4-5-9(2)11(10)16(17)18/h4-6,8H,3,7H2,1-2H3. The van der Waals surface area contributed by atoms with E-state index in [1.807, 2.05) is 11.5 Å². The zero-order chi connectivity index (χ0) is 13.1. The smallest absolute Gasteiger partial charge is 0.283 e. The van der Waals surface area contributed by atoms with Gasteiger partial charge >= 0.3 is 0 Å². The number of hydrogen-bond acceptors (Lipinski definition) is 4. The minimum Gasteiger partial charge on any atom is -0.313 e. The van der Waals surface area contributed by atoms with Crippen molar-refractivity contribution in [1.29, 1.82) is 0 Å². The molecule has 0 saturated carbocycles. The Morgan fingerprint density at radius 1 is 1.44 bits per heavy atom. The van der Waals surface area contributed by atoms with Crippen molar-refractivity contribution in [3.63, 3.8) is 0 Å². The van der Waals surface area contributed by atoms with Gasteiger partial charge in [0.2, 0.25) is 0 Å². The quantitative estimate of drug-likeness (QED) is 0.613. The number of nitro groups is 1. The molecule has 1 aromatic heterocycles. The van der Waals surface area contributed by atoms with E-state index in [1.54, 1.807) is 31.5 Å². The maximum absolute atomic E-state index is 11.2. The number of para-hydroxylation sites is 1. The maximum atomic E-state index is 11.2. The number of hydrogen-bond donors (Lipinski definition) is 0. The Morgan fingerprint density at radius 3 is 2.89 bits per heavy atom. The van der Waals surface area contributed by atoms with Gasteiger partial charge in [-0.25, -0.2) is 0 Å². The van der Waals surface area contributed by atoms with Crippen LogP contribution in [0.15, 0.2) is 24.5 Å². The lowest BCUT2D eigenvalue weighted by Crippen LogP contribution is -2.02. The maximum Gasteiger partial charge on any atom is 0.283 e. The summed E-state index contributed by atoms with van der Waals surface area (Å²) in [6.07, 6.45) is 2.52. The van der Waals surface area contributed by atoms with Gasteiger partial charge in [0.05, 0.1) is 10.5 Å². The lowest BCUT2D eigenvalue weighted by Gasteiger charge is -2.06. The van der Waals surface area contributed by atoms with Crippen molar-refractivity contribution in [2.45, 2.75) is 26.8 Å². The fourth-order valence-corrected chi connectivity index (χ4v) is 1.95. The van der Waals surface area contributed by atoms with Crippen molar-refractivity contribution in [3.8, 4) is 11.4 Å². The number of nitro benzene ring substituents is 1. The first-order valence-electron chi connectivity index (χ1n) is 5.77. The fourth-order valence-electron chi connectivity index (χ4n) is 1.95. The normalized spacial score (nSPS) is 10.6. The van der Waals surface area contributed by atoms with Crippen molar-refractivity contribution >= 4 is 5.69 Å². The van der Waals surface area contributed by atoms with Crippen molar-refractivity contribution in [2.75, 3.05) is 0 Å². The summed E-state index contributed by atoms with van der Waals surface area (Å²) in [5.41, 5.74) is 1.25. The molecule has 0 N–H and O–H groups in total. The van der Waals surface area contributed by atoms with Crippen LogP contribution in [0.2, 0.25) is 0 Å². The largest absolute Gasteiger partial charge is 0.313 e. The van der Waals surface area contributed by atoms with Gasteiger partial charge in [-0.2, -0.15) is 0 Å². The predicted molar refractivity (Wildman–Crippen MR) is 67.1 cm³/mol. The molecule has 0 atom stereocenters. The SMILES string of the molecule is CCCn1cnnc1-c1cccc(C)c1[N+](=O)[O-]. The van der Waals surface area contributed by atoms with E-state index in [-0.39, 0.29) is 10.6 Å². The van der Waals surface area contributed by atoms with Gasteiger partial charge < -0.3 is 4.57 Å². The second kappa shape index (κ2) is 4.95. The van der Waals surface area contributed by atoms with Crippen LogP contribution < -0.4 is 0 Å². The second-order valence-corrected chi connectivity index (χ2v) is 4.08. The van der Waals surface area contributed by atoms with Crippen molar-refractivity contribution in [2.24, 2.45) is 0 Å². The summed E-state index contributed by atoms with van der Waals surface area (Å²) in [4.78, 5) is 10.8. The third-order valence-corrected chi connectivity index (χ3v) is 2.74. The lowest BCUT2D eigenvalue weighted by molar-refractivity contribution is -0.384. The number of rotatable bonds is 4. The van der Waals surface area contributed by atoms with Crippen LogP contribution in [-0.2, 0) is 6.54 Å². The molecule has 0 saturated heterocycles. The predicted octanol–water partition coefficient (Wildman–Crippen LogP) is 2.57. The van der Waals surface area contributed by atoms with E-state index in [9.17, 15) is 10.1 Å². The van der Waals surface area contributed by atoms with Gasteiger partial charge in [-0.15, -0.1) is 10.2 Å². The Bertz CT molecular complexity index is 577. The number of aromatic nitrogens is 3. The van der Waals surface area contributed by atoms with Crippen LogP contribution in [0.1, 0.15) is 18.9 Å². The van der Waals surface area contributed by atoms with E-state index in [0.29, 0.717) is 17.0 Å². The highest BCUT2D eigenvalue weighted by Crippen LogP contribution is 2.31. The van der Waals surface area contributed by atoms with Crippen molar-refractivity contribution in [3.05, 3.63) is 40.2 Å². The molecule has 0 aliphatic heterocycles. The molecule has 1 heterocycles. The minimum atomic E-state index is -0.365. The van der Waals surface area contributed by atoms with E-state index >= 15 is 0 Å². The first kappa shape index (κ1) is 12.2. The van der Waals surface area contributed by atoms with E-state index in [0.717, 1.165) is 13.0 Å². The van der Waals surface area contributed by atoms with E-state index in [1.165, 1.54) is 0 Å². The summed E-state index contributed by atoms with van der Waals surface area (Å²) in [5.74, 6) is 0.548. The van der Waals surface area contributed by atoms with Gasteiger partial charge in [0.25, 0.3) is 5.69 Å². The Balaban J connectivity index is 2.60. The first-order valence-corrected chi connectivity index (χ1v) is 5.77. The second-order valence-electron chi connectivity index (χ2n) is 4.08. The highest BCUT2D eigenvalue weighted by molar-refractivity contribution is 5.70. The molecule has 0 radical (unpaired) electrons.